The molecule has 1 rings (SSSR count). The number of hydrogen-bond acceptors (Lipinski definition) is 2. The molecule has 0 radical (unpaired) electrons. The maximum absolute atomic E-state index is 10.9. The zero-order valence-corrected chi connectivity index (χ0v) is 5.76. The lowest BCUT2D eigenvalue weighted by Crippen LogP contribution is -2.21. The van der Waals surface area contributed by atoms with Crippen molar-refractivity contribution in [2.24, 2.45) is 0 Å². The average Bonchev–Trinajstić information content (AvgIpc) is 2.38. The Bertz CT molecular complexity index is 203. The van der Waals surface area contributed by atoms with Gasteiger partial charge in [-0.25, -0.2) is 0 Å². The summed E-state index contributed by atoms with van der Waals surface area (Å²) in [5, 5.41) is 2.62. The molecule has 0 saturated heterocycles. The Hall–Kier alpha value is -1.25. The standard InChI is InChI=1S/C7H9NO2/c1-2-8-7(9)6-4-3-5-10-6/h3-5H,2H2,1H3,(H,8,9). The third-order valence-corrected chi connectivity index (χ3v) is 1.08. The smallest absolute Gasteiger partial charge is 0.286 e. The molecule has 1 amide bonds. The Morgan fingerprint density at radius 2 is 2.60 bits per heavy atom. The molecule has 0 unspecified atom stereocenters. The fourth-order valence-electron chi connectivity index (χ4n) is 0.655. The number of furan rings is 1. The zero-order valence-electron chi connectivity index (χ0n) is 5.76. The van der Waals surface area contributed by atoms with E-state index in [1.807, 2.05) is 6.92 Å². The molecule has 10 heavy (non-hydrogen) atoms. The summed E-state index contributed by atoms with van der Waals surface area (Å²) in [6.07, 6.45) is 1.48. The molecule has 3 heteroatoms. The number of nitrogens with one attached hydrogen (secondary N) is 1. The van der Waals surface area contributed by atoms with Gasteiger partial charge in [0.05, 0.1) is 6.26 Å². The first-order chi connectivity index (χ1) is 4.84. The fraction of sp³-hybridized carbons (Fsp3) is 0.286. The Balaban J connectivity index is 2.59. The highest BCUT2D eigenvalue weighted by molar-refractivity contribution is 5.91. The van der Waals surface area contributed by atoms with E-state index in [2.05, 4.69) is 5.32 Å². The van der Waals surface area contributed by atoms with Gasteiger partial charge >= 0.3 is 0 Å². The van der Waals surface area contributed by atoms with Gasteiger partial charge in [-0.1, -0.05) is 0 Å². The Morgan fingerprint density at radius 1 is 1.80 bits per heavy atom. The summed E-state index contributed by atoms with van der Waals surface area (Å²) in [7, 11) is 0. The molecular weight excluding hydrogens is 130 g/mol. The van der Waals surface area contributed by atoms with E-state index < -0.39 is 0 Å². The van der Waals surface area contributed by atoms with Gasteiger partial charge in [0.1, 0.15) is 0 Å². The monoisotopic (exact) mass is 139 g/mol. The highest BCUT2D eigenvalue weighted by atomic mass is 16.3. The molecule has 0 aliphatic heterocycles. The molecule has 1 N–H and O–H groups in total. The lowest BCUT2D eigenvalue weighted by atomic mass is 10.4. The minimum Gasteiger partial charge on any atom is -0.459 e. The Morgan fingerprint density at radius 3 is 3.10 bits per heavy atom. The summed E-state index contributed by atoms with van der Waals surface area (Å²) in [6.45, 7) is 2.49. The summed E-state index contributed by atoms with van der Waals surface area (Å²) in [5.74, 6) is 0.203. The van der Waals surface area contributed by atoms with Crippen LogP contribution in [0.3, 0.4) is 0 Å². The van der Waals surface area contributed by atoms with Gasteiger partial charge in [0.25, 0.3) is 5.91 Å². The van der Waals surface area contributed by atoms with E-state index in [0.29, 0.717) is 12.3 Å². The molecule has 0 saturated carbocycles. The first-order valence-electron chi connectivity index (χ1n) is 3.16. The van der Waals surface area contributed by atoms with Gasteiger partial charge in [0.2, 0.25) is 0 Å². The molecule has 0 aliphatic rings. The molecule has 0 aliphatic carbocycles. The van der Waals surface area contributed by atoms with Gasteiger partial charge in [-0.15, -0.1) is 0 Å². The van der Waals surface area contributed by atoms with Gasteiger partial charge in [-0.05, 0) is 19.1 Å². The minimum absolute atomic E-state index is 0.160. The van der Waals surface area contributed by atoms with Crippen molar-refractivity contribution in [3.63, 3.8) is 0 Å². The van der Waals surface area contributed by atoms with Crippen LogP contribution in [0.1, 0.15) is 17.5 Å². The van der Waals surface area contributed by atoms with Gasteiger partial charge in [-0.3, -0.25) is 4.79 Å². The van der Waals surface area contributed by atoms with Crippen LogP contribution in [0.2, 0.25) is 0 Å². The lowest BCUT2D eigenvalue weighted by Gasteiger charge is -1.95. The number of carbonyl (C=O) groups is 1. The highest BCUT2D eigenvalue weighted by Gasteiger charge is 2.04. The maximum atomic E-state index is 10.9. The molecule has 1 aromatic heterocycles. The van der Waals surface area contributed by atoms with Crippen molar-refractivity contribution in [1.29, 1.82) is 0 Å². The predicted molar refractivity (Wildman–Crippen MR) is 36.7 cm³/mol. The number of carbonyl (C=O) groups excluding carboxylic acids is 1. The van der Waals surface area contributed by atoms with Crippen molar-refractivity contribution in [3.05, 3.63) is 24.2 Å². The molecule has 0 spiro atoms. The third kappa shape index (κ3) is 1.37. The normalized spacial score (nSPS) is 9.30. The quantitative estimate of drug-likeness (QED) is 0.664. The van der Waals surface area contributed by atoms with E-state index in [4.69, 9.17) is 4.42 Å². The van der Waals surface area contributed by atoms with Crippen molar-refractivity contribution in [3.8, 4) is 0 Å². The van der Waals surface area contributed by atoms with Crippen molar-refractivity contribution in [1.82, 2.24) is 5.32 Å². The van der Waals surface area contributed by atoms with Gasteiger partial charge in [0, 0.05) is 6.54 Å². The summed E-state index contributed by atoms with van der Waals surface area (Å²) < 4.78 is 4.84. The number of hydrogen-bond donors (Lipinski definition) is 1. The van der Waals surface area contributed by atoms with Crippen molar-refractivity contribution in [2.45, 2.75) is 6.92 Å². The van der Waals surface area contributed by atoms with Gasteiger partial charge < -0.3 is 9.73 Å². The summed E-state index contributed by atoms with van der Waals surface area (Å²) in [6, 6.07) is 3.32. The van der Waals surface area contributed by atoms with E-state index in [-0.39, 0.29) is 5.91 Å². The fourth-order valence-corrected chi connectivity index (χ4v) is 0.655. The van der Waals surface area contributed by atoms with Crippen molar-refractivity contribution >= 4 is 5.91 Å². The van der Waals surface area contributed by atoms with E-state index >= 15 is 0 Å². The molecule has 3 nitrogen and oxygen atoms in total. The molecule has 0 bridgehead atoms. The molecule has 0 aromatic carbocycles. The molecule has 0 fully saturated rings. The predicted octanol–water partition coefficient (Wildman–Crippen LogP) is 1.03. The summed E-state index contributed by atoms with van der Waals surface area (Å²) in [4.78, 5) is 10.9. The minimum atomic E-state index is -0.160. The van der Waals surface area contributed by atoms with Crippen LogP contribution in [0, 0.1) is 0 Å². The van der Waals surface area contributed by atoms with Crippen LogP contribution in [-0.4, -0.2) is 12.5 Å². The topological polar surface area (TPSA) is 42.2 Å². The SMILES string of the molecule is CCNC(=O)c1ccco1. The van der Waals surface area contributed by atoms with E-state index in [1.54, 1.807) is 12.1 Å². The molecular formula is C7H9NO2. The molecule has 1 heterocycles. The lowest BCUT2D eigenvalue weighted by molar-refractivity contribution is 0.0928. The van der Waals surface area contributed by atoms with Crippen LogP contribution < -0.4 is 5.32 Å². The second-order valence-electron chi connectivity index (χ2n) is 1.84. The van der Waals surface area contributed by atoms with Gasteiger partial charge in [-0.2, -0.15) is 0 Å². The number of amides is 1. The van der Waals surface area contributed by atoms with E-state index in [9.17, 15) is 4.79 Å². The average molecular weight is 139 g/mol. The molecule has 0 atom stereocenters. The van der Waals surface area contributed by atoms with Crippen LogP contribution in [0.15, 0.2) is 22.8 Å². The van der Waals surface area contributed by atoms with Gasteiger partial charge in [0.15, 0.2) is 5.76 Å². The van der Waals surface area contributed by atoms with Crippen LogP contribution in [0.4, 0.5) is 0 Å². The summed E-state index contributed by atoms with van der Waals surface area (Å²) in [5.41, 5.74) is 0. The van der Waals surface area contributed by atoms with Crippen LogP contribution in [0.5, 0.6) is 0 Å². The third-order valence-electron chi connectivity index (χ3n) is 1.08. The molecule has 54 valence electrons. The van der Waals surface area contributed by atoms with Crippen LogP contribution in [-0.2, 0) is 0 Å². The van der Waals surface area contributed by atoms with E-state index in [0.717, 1.165) is 0 Å². The Labute approximate surface area is 59.0 Å². The highest BCUT2D eigenvalue weighted by Crippen LogP contribution is 1.97. The zero-order chi connectivity index (χ0) is 7.40. The Kier molecular flexibility index (Phi) is 2.10. The van der Waals surface area contributed by atoms with Crippen molar-refractivity contribution in [2.75, 3.05) is 6.54 Å². The maximum Gasteiger partial charge on any atom is 0.286 e. The summed E-state index contributed by atoms with van der Waals surface area (Å²) >= 11 is 0. The first-order valence-corrected chi connectivity index (χ1v) is 3.16. The largest absolute Gasteiger partial charge is 0.459 e. The number of rotatable bonds is 2. The second kappa shape index (κ2) is 3.06. The van der Waals surface area contributed by atoms with Crippen LogP contribution in [0.25, 0.3) is 0 Å². The second-order valence-corrected chi connectivity index (χ2v) is 1.84. The van der Waals surface area contributed by atoms with E-state index in [1.165, 1.54) is 6.26 Å². The van der Waals surface area contributed by atoms with Crippen LogP contribution >= 0.6 is 0 Å². The van der Waals surface area contributed by atoms with Crippen molar-refractivity contribution < 1.29 is 9.21 Å². The molecule has 1 aromatic rings. The first kappa shape index (κ1) is 6.86.